The molecule has 2 N–H and O–H groups in total. The van der Waals surface area contributed by atoms with Crippen molar-refractivity contribution in [3.63, 3.8) is 0 Å². The molecule has 0 saturated heterocycles. The molecule has 1 unspecified atom stereocenters. The third kappa shape index (κ3) is 5.09. The summed E-state index contributed by atoms with van der Waals surface area (Å²) in [6, 6.07) is 3.14. The Morgan fingerprint density at radius 1 is 1.31 bits per heavy atom. The summed E-state index contributed by atoms with van der Waals surface area (Å²) in [5.41, 5.74) is 6.59. The van der Waals surface area contributed by atoms with E-state index in [0.717, 1.165) is 5.56 Å². The van der Waals surface area contributed by atoms with Gasteiger partial charge in [0, 0.05) is 25.0 Å². The Kier molecular flexibility index (Phi) is 4.70. The van der Waals surface area contributed by atoms with Crippen molar-refractivity contribution >= 4 is 0 Å². The number of pyridine rings is 1. The summed E-state index contributed by atoms with van der Waals surface area (Å²) in [5, 5.41) is 0. The number of aromatic nitrogens is 1. The minimum atomic E-state index is -4.28. The van der Waals surface area contributed by atoms with Crippen LogP contribution in [0.5, 0.6) is 0 Å². The summed E-state index contributed by atoms with van der Waals surface area (Å²) in [4.78, 5) is 3.82. The van der Waals surface area contributed by atoms with Crippen LogP contribution in [0.4, 0.5) is 13.2 Å². The van der Waals surface area contributed by atoms with Gasteiger partial charge >= 0.3 is 6.18 Å². The average Bonchev–Trinajstić information content (AvgIpc) is 2.24. The number of ether oxygens (including phenoxy) is 1. The van der Waals surface area contributed by atoms with Crippen LogP contribution in [0.25, 0.3) is 0 Å². The van der Waals surface area contributed by atoms with E-state index < -0.39 is 12.8 Å². The highest BCUT2D eigenvalue weighted by atomic mass is 19.4. The van der Waals surface area contributed by atoms with Crippen LogP contribution in [0.1, 0.15) is 18.0 Å². The molecule has 1 rings (SSSR count). The van der Waals surface area contributed by atoms with Crippen LogP contribution in [0.2, 0.25) is 0 Å². The average molecular weight is 234 g/mol. The summed E-state index contributed by atoms with van der Waals surface area (Å²) < 4.78 is 39.7. The predicted molar refractivity (Wildman–Crippen MR) is 52.7 cm³/mol. The molecule has 0 aliphatic heterocycles. The zero-order chi connectivity index (χ0) is 12.0. The summed E-state index contributed by atoms with van der Waals surface area (Å²) in [6.07, 6.45) is -0.752. The Bertz CT molecular complexity index is 303. The largest absolute Gasteiger partial charge is 0.411 e. The Balaban J connectivity index is 2.24. The highest BCUT2D eigenvalue weighted by Crippen LogP contribution is 2.16. The van der Waals surface area contributed by atoms with Crippen molar-refractivity contribution in [2.45, 2.75) is 18.6 Å². The summed E-state index contributed by atoms with van der Waals surface area (Å²) in [6.45, 7) is -1.24. The number of halogens is 3. The van der Waals surface area contributed by atoms with E-state index in [2.05, 4.69) is 9.72 Å². The molecule has 0 aliphatic rings. The van der Waals surface area contributed by atoms with Crippen LogP contribution in [0, 0.1) is 0 Å². The van der Waals surface area contributed by atoms with Crippen molar-refractivity contribution in [3.8, 4) is 0 Å². The molecule has 90 valence electrons. The second-order valence-corrected chi connectivity index (χ2v) is 3.34. The topological polar surface area (TPSA) is 48.1 Å². The van der Waals surface area contributed by atoms with Crippen molar-refractivity contribution in [1.29, 1.82) is 0 Å². The van der Waals surface area contributed by atoms with Crippen molar-refractivity contribution in [3.05, 3.63) is 30.1 Å². The monoisotopic (exact) mass is 234 g/mol. The fourth-order valence-corrected chi connectivity index (χ4v) is 1.18. The number of hydrogen-bond acceptors (Lipinski definition) is 3. The number of nitrogens with two attached hydrogens (primary N) is 1. The molecule has 1 aromatic rings. The van der Waals surface area contributed by atoms with Gasteiger partial charge in [-0.05, 0) is 24.1 Å². The highest BCUT2D eigenvalue weighted by Gasteiger charge is 2.27. The van der Waals surface area contributed by atoms with Crippen LogP contribution in [0.3, 0.4) is 0 Å². The fourth-order valence-electron chi connectivity index (χ4n) is 1.18. The lowest BCUT2D eigenvalue weighted by Crippen LogP contribution is -2.19. The minimum Gasteiger partial charge on any atom is -0.372 e. The fraction of sp³-hybridized carbons (Fsp3) is 0.500. The molecule has 0 amide bonds. The Labute approximate surface area is 91.4 Å². The molecule has 0 spiro atoms. The van der Waals surface area contributed by atoms with Crippen molar-refractivity contribution in [1.82, 2.24) is 4.98 Å². The van der Waals surface area contributed by atoms with Gasteiger partial charge in [-0.3, -0.25) is 4.98 Å². The first-order chi connectivity index (χ1) is 7.49. The molecule has 1 aromatic heterocycles. The highest BCUT2D eigenvalue weighted by molar-refractivity contribution is 5.13. The van der Waals surface area contributed by atoms with Crippen molar-refractivity contribution in [2.75, 3.05) is 13.2 Å². The molecule has 0 aromatic carbocycles. The summed E-state index contributed by atoms with van der Waals surface area (Å²) >= 11 is 0. The van der Waals surface area contributed by atoms with E-state index in [-0.39, 0.29) is 12.6 Å². The zero-order valence-electron chi connectivity index (χ0n) is 8.57. The van der Waals surface area contributed by atoms with Crippen LogP contribution < -0.4 is 5.73 Å². The quantitative estimate of drug-likeness (QED) is 0.793. The molecule has 16 heavy (non-hydrogen) atoms. The first kappa shape index (κ1) is 12.9. The van der Waals surface area contributed by atoms with E-state index in [1.165, 1.54) is 0 Å². The molecular formula is C10H13F3N2O. The normalized spacial score (nSPS) is 13.8. The van der Waals surface area contributed by atoms with E-state index in [9.17, 15) is 13.2 Å². The maximum absolute atomic E-state index is 11.7. The van der Waals surface area contributed by atoms with E-state index in [1.807, 2.05) is 0 Å². The molecule has 3 nitrogen and oxygen atoms in total. The molecule has 0 bridgehead atoms. The van der Waals surface area contributed by atoms with Gasteiger partial charge < -0.3 is 10.5 Å². The standard InChI is InChI=1S/C10H13F3N2O/c11-10(12,13)7-16-6-3-9(14)8-1-4-15-5-2-8/h1-2,4-5,9H,3,6-7,14H2. The third-order valence-electron chi connectivity index (χ3n) is 1.97. The maximum Gasteiger partial charge on any atom is 0.411 e. The number of hydrogen-bond donors (Lipinski definition) is 1. The second kappa shape index (κ2) is 5.81. The lowest BCUT2D eigenvalue weighted by molar-refractivity contribution is -0.174. The van der Waals surface area contributed by atoms with E-state index in [0.29, 0.717) is 6.42 Å². The Morgan fingerprint density at radius 2 is 1.94 bits per heavy atom. The lowest BCUT2D eigenvalue weighted by atomic mass is 10.1. The van der Waals surface area contributed by atoms with E-state index in [1.54, 1.807) is 24.5 Å². The molecule has 1 heterocycles. The summed E-state index contributed by atoms with van der Waals surface area (Å²) in [5.74, 6) is 0. The maximum atomic E-state index is 11.7. The third-order valence-corrected chi connectivity index (χ3v) is 1.97. The van der Waals surface area contributed by atoms with Crippen LogP contribution >= 0.6 is 0 Å². The van der Waals surface area contributed by atoms with E-state index >= 15 is 0 Å². The number of nitrogens with zero attached hydrogens (tertiary/aromatic N) is 1. The van der Waals surface area contributed by atoms with Gasteiger partial charge in [-0.25, -0.2) is 0 Å². The van der Waals surface area contributed by atoms with E-state index in [4.69, 9.17) is 5.73 Å². The molecule has 0 saturated carbocycles. The number of rotatable bonds is 5. The second-order valence-electron chi connectivity index (χ2n) is 3.34. The Morgan fingerprint density at radius 3 is 2.50 bits per heavy atom. The first-order valence-electron chi connectivity index (χ1n) is 4.79. The lowest BCUT2D eigenvalue weighted by Gasteiger charge is -2.12. The molecule has 0 radical (unpaired) electrons. The van der Waals surface area contributed by atoms with Gasteiger partial charge in [-0.1, -0.05) is 0 Å². The van der Waals surface area contributed by atoms with Gasteiger partial charge in [-0.15, -0.1) is 0 Å². The zero-order valence-corrected chi connectivity index (χ0v) is 8.57. The number of alkyl halides is 3. The molecule has 6 heteroatoms. The minimum absolute atomic E-state index is 0.0109. The van der Waals surface area contributed by atoms with Crippen molar-refractivity contribution < 1.29 is 17.9 Å². The summed E-state index contributed by atoms with van der Waals surface area (Å²) in [7, 11) is 0. The van der Waals surface area contributed by atoms with Gasteiger partial charge in [0.1, 0.15) is 6.61 Å². The van der Waals surface area contributed by atoms with Crippen LogP contribution in [0.15, 0.2) is 24.5 Å². The van der Waals surface area contributed by atoms with Gasteiger partial charge in [0.15, 0.2) is 0 Å². The molecular weight excluding hydrogens is 221 g/mol. The van der Waals surface area contributed by atoms with Crippen LogP contribution in [-0.4, -0.2) is 24.4 Å². The Hall–Kier alpha value is -1.14. The molecule has 0 fully saturated rings. The first-order valence-corrected chi connectivity index (χ1v) is 4.79. The SMILES string of the molecule is NC(CCOCC(F)(F)F)c1ccncc1. The van der Waals surface area contributed by atoms with Gasteiger partial charge in [0.2, 0.25) is 0 Å². The van der Waals surface area contributed by atoms with Gasteiger partial charge in [0.25, 0.3) is 0 Å². The smallest absolute Gasteiger partial charge is 0.372 e. The van der Waals surface area contributed by atoms with Gasteiger partial charge in [0.05, 0.1) is 0 Å². The van der Waals surface area contributed by atoms with Gasteiger partial charge in [-0.2, -0.15) is 13.2 Å². The molecule has 0 aliphatic carbocycles. The molecule has 1 atom stereocenters. The van der Waals surface area contributed by atoms with Crippen molar-refractivity contribution in [2.24, 2.45) is 5.73 Å². The predicted octanol–water partition coefficient (Wildman–Crippen LogP) is 2.05. The van der Waals surface area contributed by atoms with Crippen LogP contribution in [-0.2, 0) is 4.74 Å².